The van der Waals surface area contributed by atoms with Crippen molar-refractivity contribution >= 4 is 17.4 Å². The van der Waals surface area contributed by atoms with E-state index < -0.39 is 5.82 Å². The van der Waals surface area contributed by atoms with E-state index in [1.807, 2.05) is 24.0 Å². The summed E-state index contributed by atoms with van der Waals surface area (Å²) in [6.45, 7) is 3.97. The van der Waals surface area contributed by atoms with E-state index in [-0.39, 0.29) is 18.0 Å². The second kappa shape index (κ2) is 8.48. The van der Waals surface area contributed by atoms with Crippen LogP contribution in [0.5, 0.6) is 0 Å². The van der Waals surface area contributed by atoms with Crippen molar-refractivity contribution in [3.05, 3.63) is 65.9 Å². The van der Waals surface area contributed by atoms with Crippen LogP contribution in [0.2, 0.25) is 0 Å². The molecular weight excluding hydrogens is 395 g/mol. The molecule has 2 aromatic heterocycles. The number of benzene rings is 1. The molecule has 0 spiro atoms. The van der Waals surface area contributed by atoms with Gasteiger partial charge in [-0.1, -0.05) is 6.07 Å². The average molecular weight is 416 g/mol. The first-order valence-corrected chi connectivity index (χ1v) is 10.00. The number of hydrogen-bond donors (Lipinski definition) is 1. The van der Waals surface area contributed by atoms with Crippen LogP contribution in [0.4, 0.5) is 15.9 Å². The standard InChI is InChI=1S/C23H21FN6O/c1-14-3-6-18(9-19(14)22-27-12-17(24)13-28-22)29-23(31)20-7-4-15(2)30(20)21-8-5-16(10-25)11-26-21/h3,5-6,8-9,11-13,15,20H,4,7H2,1-2H3,(H,29,31)/t15-,20?/m1/s1. The fourth-order valence-electron chi connectivity index (χ4n) is 3.85. The summed E-state index contributed by atoms with van der Waals surface area (Å²) < 4.78 is 13.2. The van der Waals surface area contributed by atoms with Crippen molar-refractivity contribution in [2.24, 2.45) is 0 Å². The third kappa shape index (κ3) is 4.21. The zero-order valence-corrected chi connectivity index (χ0v) is 17.2. The Morgan fingerprint density at radius 3 is 2.61 bits per heavy atom. The molecule has 3 heterocycles. The second-order valence-corrected chi connectivity index (χ2v) is 7.61. The molecular formula is C23H21FN6O. The highest BCUT2D eigenvalue weighted by molar-refractivity contribution is 5.97. The maximum absolute atomic E-state index is 13.2. The van der Waals surface area contributed by atoms with Gasteiger partial charge in [0.25, 0.3) is 0 Å². The first-order chi connectivity index (χ1) is 15.0. The second-order valence-electron chi connectivity index (χ2n) is 7.61. The molecule has 3 aromatic rings. The Kier molecular flexibility index (Phi) is 5.58. The van der Waals surface area contributed by atoms with Crippen LogP contribution in [0, 0.1) is 24.1 Å². The largest absolute Gasteiger partial charge is 0.342 e. The monoisotopic (exact) mass is 416 g/mol. The topological polar surface area (TPSA) is 94.8 Å². The van der Waals surface area contributed by atoms with Crippen LogP contribution >= 0.6 is 0 Å². The Labute approximate surface area is 179 Å². The third-order valence-electron chi connectivity index (χ3n) is 5.48. The van der Waals surface area contributed by atoms with Gasteiger partial charge >= 0.3 is 0 Å². The van der Waals surface area contributed by atoms with Gasteiger partial charge in [-0.05, 0) is 56.5 Å². The van der Waals surface area contributed by atoms with Crippen LogP contribution in [0.25, 0.3) is 11.4 Å². The van der Waals surface area contributed by atoms with E-state index in [9.17, 15) is 9.18 Å². The number of aryl methyl sites for hydroxylation is 1. The van der Waals surface area contributed by atoms with E-state index >= 15 is 0 Å². The van der Waals surface area contributed by atoms with Crippen LogP contribution in [-0.4, -0.2) is 32.9 Å². The van der Waals surface area contributed by atoms with E-state index in [0.29, 0.717) is 29.3 Å². The fraction of sp³-hybridized carbons (Fsp3) is 0.261. The van der Waals surface area contributed by atoms with Crippen LogP contribution in [-0.2, 0) is 4.79 Å². The normalized spacial score (nSPS) is 17.9. The van der Waals surface area contributed by atoms with Gasteiger partial charge in [0.2, 0.25) is 5.91 Å². The Hall–Kier alpha value is -3.86. The smallest absolute Gasteiger partial charge is 0.247 e. The number of pyridine rings is 1. The first kappa shape index (κ1) is 20.4. The molecule has 2 atom stereocenters. The van der Waals surface area contributed by atoms with Crippen molar-refractivity contribution in [2.45, 2.75) is 38.8 Å². The number of nitrogens with zero attached hydrogens (tertiary/aromatic N) is 5. The highest BCUT2D eigenvalue weighted by Gasteiger charge is 2.36. The molecule has 1 aromatic carbocycles. The van der Waals surface area contributed by atoms with E-state index in [1.54, 1.807) is 18.2 Å². The van der Waals surface area contributed by atoms with Crippen LogP contribution in [0.1, 0.15) is 30.9 Å². The Bertz CT molecular complexity index is 1140. The molecule has 1 saturated heterocycles. The van der Waals surface area contributed by atoms with Gasteiger partial charge < -0.3 is 10.2 Å². The number of nitrogens with one attached hydrogen (secondary N) is 1. The number of rotatable bonds is 4. The van der Waals surface area contributed by atoms with Crippen molar-refractivity contribution in [3.8, 4) is 17.5 Å². The Morgan fingerprint density at radius 1 is 1.16 bits per heavy atom. The van der Waals surface area contributed by atoms with Gasteiger partial charge in [-0.15, -0.1) is 0 Å². The molecule has 7 nitrogen and oxygen atoms in total. The lowest BCUT2D eigenvalue weighted by Crippen LogP contribution is -2.43. The maximum atomic E-state index is 13.2. The molecule has 1 aliphatic heterocycles. The molecule has 0 radical (unpaired) electrons. The Morgan fingerprint density at radius 2 is 1.94 bits per heavy atom. The van der Waals surface area contributed by atoms with Crippen molar-refractivity contribution in [3.63, 3.8) is 0 Å². The molecule has 8 heteroatoms. The predicted octanol–water partition coefficient (Wildman–Crippen LogP) is 3.85. The molecule has 1 unspecified atom stereocenters. The molecule has 1 amide bonds. The van der Waals surface area contributed by atoms with Gasteiger partial charge in [0.05, 0.1) is 18.0 Å². The minimum Gasteiger partial charge on any atom is -0.342 e. The van der Waals surface area contributed by atoms with E-state index in [1.165, 1.54) is 6.20 Å². The van der Waals surface area contributed by atoms with E-state index in [0.717, 1.165) is 29.9 Å². The van der Waals surface area contributed by atoms with Gasteiger partial charge in [0.1, 0.15) is 17.9 Å². The predicted molar refractivity (Wildman–Crippen MR) is 115 cm³/mol. The summed E-state index contributed by atoms with van der Waals surface area (Å²) in [5.41, 5.74) is 2.74. The highest BCUT2D eigenvalue weighted by atomic mass is 19.1. The summed E-state index contributed by atoms with van der Waals surface area (Å²) in [6, 6.07) is 10.8. The summed E-state index contributed by atoms with van der Waals surface area (Å²) in [7, 11) is 0. The minimum atomic E-state index is -0.502. The van der Waals surface area contributed by atoms with Crippen molar-refractivity contribution in [1.82, 2.24) is 15.0 Å². The molecule has 1 N–H and O–H groups in total. The van der Waals surface area contributed by atoms with Gasteiger partial charge in [-0.3, -0.25) is 4.79 Å². The number of amides is 1. The summed E-state index contributed by atoms with van der Waals surface area (Å²) >= 11 is 0. The summed E-state index contributed by atoms with van der Waals surface area (Å²) in [6.07, 6.45) is 5.33. The number of carbonyl (C=O) groups excluding carboxylic acids is 1. The molecule has 4 rings (SSSR count). The zero-order valence-electron chi connectivity index (χ0n) is 17.2. The van der Waals surface area contributed by atoms with Gasteiger partial charge in [-0.25, -0.2) is 19.3 Å². The Balaban J connectivity index is 1.56. The summed E-state index contributed by atoms with van der Waals surface area (Å²) in [4.78, 5) is 27.6. The lowest BCUT2D eigenvalue weighted by molar-refractivity contribution is -0.117. The van der Waals surface area contributed by atoms with E-state index in [4.69, 9.17) is 5.26 Å². The lowest BCUT2D eigenvalue weighted by Gasteiger charge is -2.29. The molecule has 156 valence electrons. The van der Waals surface area contributed by atoms with Crippen LogP contribution in [0.3, 0.4) is 0 Å². The summed E-state index contributed by atoms with van der Waals surface area (Å²) in [5.74, 6) is 0.435. The fourth-order valence-corrected chi connectivity index (χ4v) is 3.85. The SMILES string of the molecule is Cc1ccc(NC(=O)C2CC[C@@H](C)N2c2ccc(C#N)cn2)cc1-c1ncc(F)cn1. The number of hydrogen-bond acceptors (Lipinski definition) is 6. The van der Waals surface area contributed by atoms with E-state index in [2.05, 4.69) is 33.3 Å². The van der Waals surface area contributed by atoms with Crippen LogP contribution < -0.4 is 10.2 Å². The molecule has 0 saturated carbocycles. The van der Waals surface area contributed by atoms with Crippen molar-refractivity contribution < 1.29 is 9.18 Å². The first-order valence-electron chi connectivity index (χ1n) is 10.00. The van der Waals surface area contributed by atoms with Gasteiger partial charge in [0, 0.05) is 23.5 Å². The van der Waals surface area contributed by atoms with Gasteiger partial charge in [0.15, 0.2) is 11.6 Å². The number of anilines is 2. The van der Waals surface area contributed by atoms with Crippen LogP contribution in [0.15, 0.2) is 48.9 Å². The molecule has 0 bridgehead atoms. The quantitative estimate of drug-likeness (QED) is 0.694. The number of carbonyl (C=O) groups is 1. The average Bonchev–Trinajstić information content (AvgIpc) is 3.17. The number of aromatic nitrogens is 3. The van der Waals surface area contributed by atoms with Crippen molar-refractivity contribution in [2.75, 3.05) is 10.2 Å². The zero-order chi connectivity index (χ0) is 22.0. The molecule has 0 aliphatic carbocycles. The summed E-state index contributed by atoms with van der Waals surface area (Å²) in [5, 5.41) is 12.0. The maximum Gasteiger partial charge on any atom is 0.247 e. The molecule has 1 fully saturated rings. The van der Waals surface area contributed by atoms with Gasteiger partial charge in [-0.2, -0.15) is 5.26 Å². The number of halogens is 1. The highest BCUT2D eigenvalue weighted by Crippen LogP contribution is 2.30. The molecule has 1 aliphatic rings. The van der Waals surface area contributed by atoms with Crippen molar-refractivity contribution in [1.29, 1.82) is 5.26 Å². The number of nitriles is 1. The lowest BCUT2D eigenvalue weighted by atomic mass is 10.1. The minimum absolute atomic E-state index is 0.134. The third-order valence-corrected chi connectivity index (χ3v) is 5.48. The molecule has 31 heavy (non-hydrogen) atoms.